The van der Waals surface area contributed by atoms with Gasteiger partial charge in [0, 0.05) is 35.2 Å². The molecule has 1 aromatic carbocycles. The molecular weight excluding hydrogens is 431 g/mol. The molecule has 9 heteroatoms. The van der Waals surface area contributed by atoms with Gasteiger partial charge in [-0.3, -0.25) is 9.88 Å². The minimum atomic E-state index is -4.46. The molecule has 156 valence electrons. The molecule has 1 N–H and O–H groups in total. The molecule has 1 aliphatic heterocycles. The van der Waals surface area contributed by atoms with E-state index in [1.807, 2.05) is 30.3 Å². The van der Waals surface area contributed by atoms with Gasteiger partial charge in [-0.2, -0.15) is 13.2 Å². The van der Waals surface area contributed by atoms with Gasteiger partial charge in [-0.1, -0.05) is 30.4 Å². The van der Waals surface area contributed by atoms with Crippen LogP contribution in [-0.2, 0) is 6.42 Å². The fraction of sp³-hybridized carbons (Fsp3) is 0.286. The monoisotopic (exact) mass is 449 g/mol. The Morgan fingerprint density at radius 3 is 2.73 bits per heavy atom. The Hall–Kier alpha value is -2.39. The van der Waals surface area contributed by atoms with Gasteiger partial charge in [0.2, 0.25) is 0 Å². The Labute approximate surface area is 181 Å². The topological polar surface area (TPSA) is 45.2 Å². The van der Waals surface area contributed by atoms with Crippen molar-refractivity contribution in [2.24, 2.45) is 0 Å². The smallest absolute Gasteiger partial charge is 0.336 e. The zero-order valence-corrected chi connectivity index (χ0v) is 17.6. The van der Waals surface area contributed by atoms with Crippen molar-refractivity contribution in [3.63, 3.8) is 0 Å². The van der Waals surface area contributed by atoms with Crippen molar-refractivity contribution in [1.29, 1.82) is 0 Å². The molecule has 2 amide bonds. The van der Waals surface area contributed by atoms with Crippen molar-refractivity contribution >= 4 is 45.8 Å². The number of benzene rings is 1. The number of fused-ring (bicyclic) bond motifs is 1. The van der Waals surface area contributed by atoms with Crippen LogP contribution in [-0.4, -0.2) is 44.1 Å². The van der Waals surface area contributed by atoms with Gasteiger partial charge < -0.3 is 5.32 Å². The van der Waals surface area contributed by atoms with Gasteiger partial charge in [0.25, 0.3) is 0 Å². The molecule has 1 saturated heterocycles. The van der Waals surface area contributed by atoms with Crippen LogP contribution in [0.2, 0.25) is 0 Å². The number of thiocarbonyl (C=S) groups is 1. The number of hydrogen-bond donors (Lipinski definition) is 1. The summed E-state index contributed by atoms with van der Waals surface area (Å²) in [6.07, 6.45) is 5.09. The van der Waals surface area contributed by atoms with Crippen molar-refractivity contribution in [3.8, 4) is 0 Å². The number of alkyl halides is 3. The molecule has 1 aromatic heterocycles. The van der Waals surface area contributed by atoms with Gasteiger partial charge in [-0.05, 0) is 60.5 Å². The van der Waals surface area contributed by atoms with E-state index in [-0.39, 0.29) is 29.1 Å². The predicted octanol–water partition coefficient (Wildman–Crippen LogP) is 5.01. The molecule has 0 saturated carbocycles. The molecule has 2 heterocycles. The number of rotatable bonds is 4. The van der Waals surface area contributed by atoms with E-state index in [9.17, 15) is 18.0 Å². The van der Waals surface area contributed by atoms with Gasteiger partial charge in [-0.25, -0.2) is 4.79 Å². The first-order valence-electron chi connectivity index (χ1n) is 9.29. The van der Waals surface area contributed by atoms with E-state index in [2.05, 4.69) is 10.3 Å². The summed E-state index contributed by atoms with van der Waals surface area (Å²) < 4.78 is 38.9. The first-order valence-corrected chi connectivity index (χ1v) is 10.5. The molecule has 0 bridgehead atoms. The summed E-state index contributed by atoms with van der Waals surface area (Å²) in [4.78, 5) is 18.1. The average Bonchev–Trinajstić information content (AvgIpc) is 3.10. The Morgan fingerprint density at radius 1 is 1.27 bits per heavy atom. The maximum absolute atomic E-state index is 13.5. The highest BCUT2D eigenvalue weighted by atomic mass is 32.2. The molecule has 4 rings (SSSR count). The number of urea groups is 1. The van der Waals surface area contributed by atoms with Crippen LogP contribution < -0.4 is 5.32 Å². The second kappa shape index (κ2) is 7.70. The van der Waals surface area contributed by atoms with Crippen molar-refractivity contribution in [2.45, 2.75) is 23.6 Å². The van der Waals surface area contributed by atoms with Crippen LogP contribution in [0.5, 0.6) is 0 Å². The highest BCUT2D eigenvalue weighted by Crippen LogP contribution is 2.48. The summed E-state index contributed by atoms with van der Waals surface area (Å²) in [7, 11) is 0. The van der Waals surface area contributed by atoms with Crippen molar-refractivity contribution < 1.29 is 18.0 Å². The van der Waals surface area contributed by atoms with Crippen LogP contribution in [0.1, 0.15) is 12.5 Å². The second-order valence-electron chi connectivity index (χ2n) is 7.23. The van der Waals surface area contributed by atoms with E-state index in [0.29, 0.717) is 24.4 Å². The summed E-state index contributed by atoms with van der Waals surface area (Å²) in [6, 6.07) is 9.04. The van der Waals surface area contributed by atoms with Crippen LogP contribution in [0.15, 0.2) is 60.0 Å². The molecular formula is C21H18F3N3OS2. The lowest BCUT2D eigenvalue weighted by Crippen LogP contribution is -2.40. The van der Waals surface area contributed by atoms with Crippen LogP contribution in [0.4, 0.5) is 18.0 Å². The van der Waals surface area contributed by atoms with E-state index in [1.165, 1.54) is 17.9 Å². The number of nitrogens with one attached hydrogen (secondary N) is 1. The number of carbonyl (C=O) groups is 1. The first kappa shape index (κ1) is 20.9. The standard InChI is InChI=1S/C21H18F3N3OS2/c1-20(30-21(22,23)24)14(10-13-6-7-25-17-5-3-2-4-16(13)17)11-15(12-18(20)29)27-9-8-26-19(27)28/h2-7,11-12H,8-10H2,1H3,(H,26,28). The van der Waals surface area contributed by atoms with E-state index < -0.39 is 10.3 Å². The van der Waals surface area contributed by atoms with Crippen molar-refractivity contribution in [2.75, 3.05) is 13.1 Å². The highest BCUT2D eigenvalue weighted by Gasteiger charge is 2.46. The van der Waals surface area contributed by atoms with E-state index in [0.717, 1.165) is 16.5 Å². The highest BCUT2D eigenvalue weighted by molar-refractivity contribution is 8.03. The minimum Gasteiger partial charge on any atom is -0.336 e. The third-order valence-electron chi connectivity index (χ3n) is 5.29. The Kier molecular flexibility index (Phi) is 5.36. The van der Waals surface area contributed by atoms with Crippen LogP contribution in [0.25, 0.3) is 10.9 Å². The second-order valence-corrected chi connectivity index (χ2v) is 9.16. The van der Waals surface area contributed by atoms with Gasteiger partial charge in [-0.15, -0.1) is 0 Å². The number of nitrogens with zero attached hydrogens (tertiary/aromatic N) is 2. The molecule has 1 aliphatic carbocycles. The van der Waals surface area contributed by atoms with E-state index in [1.54, 1.807) is 12.3 Å². The van der Waals surface area contributed by atoms with Crippen LogP contribution >= 0.6 is 24.0 Å². The number of aromatic nitrogens is 1. The molecule has 0 radical (unpaired) electrons. The first-order chi connectivity index (χ1) is 14.2. The van der Waals surface area contributed by atoms with Crippen LogP contribution in [0.3, 0.4) is 0 Å². The van der Waals surface area contributed by atoms with E-state index in [4.69, 9.17) is 12.2 Å². The van der Waals surface area contributed by atoms with Crippen molar-refractivity contribution in [1.82, 2.24) is 15.2 Å². The largest absolute Gasteiger partial charge is 0.443 e. The number of thioether (sulfide) groups is 1. The molecule has 1 atom stereocenters. The summed E-state index contributed by atoms with van der Waals surface area (Å²) >= 11 is 5.32. The molecule has 1 unspecified atom stereocenters. The fourth-order valence-corrected chi connectivity index (χ4v) is 5.00. The summed E-state index contributed by atoms with van der Waals surface area (Å²) in [6.45, 7) is 2.42. The summed E-state index contributed by atoms with van der Waals surface area (Å²) in [5, 5.41) is 3.59. The lowest BCUT2D eigenvalue weighted by molar-refractivity contribution is -0.0334. The molecule has 2 aromatic rings. The number of hydrogen-bond acceptors (Lipinski definition) is 4. The lowest BCUT2D eigenvalue weighted by atomic mass is 9.85. The number of amides is 2. The summed E-state index contributed by atoms with van der Waals surface area (Å²) in [5.41, 5.74) is -1.81. The van der Waals surface area contributed by atoms with Crippen molar-refractivity contribution in [3.05, 3.63) is 65.5 Å². The maximum Gasteiger partial charge on any atom is 0.443 e. The molecule has 2 aliphatic rings. The predicted molar refractivity (Wildman–Crippen MR) is 116 cm³/mol. The molecule has 0 spiro atoms. The van der Waals surface area contributed by atoms with E-state index >= 15 is 0 Å². The Bertz CT molecular complexity index is 1090. The third-order valence-corrected chi connectivity index (χ3v) is 7.07. The van der Waals surface area contributed by atoms with Gasteiger partial charge in [0.1, 0.15) is 0 Å². The van der Waals surface area contributed by atoms with Gasteiger partial charge in [0.05, 0.1) is 10.3 Å². The quantitative estimate of drug-likeness (QED) is 0.667. The maximum atomic E-state index is 13.5. The zero-order valence-electron chi connectivity index (χ0n) is 16.0. The lowest BCUT2D eigenvalue weighted by Gasteiger charge is -2.36. The number of para-hydroxylation sites is 1. The SMILES string of the molecule is CC1(SC(F)(F)F)C(=S)C=C(N2CCNC2=O)C=C1Cc1ccnc2ccccc12. The van der Waals surface area contributed by atoms with Gasteiger partial charge in [0.15, 0.2) is 0 Å². The molecule has 30 heavy (non-hydrogen) atoms. The Morgan fingerprint density at radius 2 is 2.03 bits per heavy atom. The van der Waals surface area contributed by atoms with Gasteiger partial charge >= 0.3 is 11.5 Å². The number of carbonyl (C=O) groups excluding carboxylic acids is 1. The third kappa shape index (κ3) is 3.96. The molecule has 1 fully saturated rings. The average molecular weight is 450 g/mol. The number of pyridine rings is 1. The number of allylic oxidation sites excluding steroid dienone is 2. The summed E-state index contributed by atoms with van der Waals surface area (Å²) in [5.74, 6) is 0. The molecule has 4 nitrogen and oxygen atoms in total. The Balaban J connectivity index is 1.79. The van der Waals surface area contributed by atoms with Crippen LogP contribution in [0, 0.1) is 0 Å². The normalized spacial score (nSPS) is 22.2. The fourth-order valence-electron chi connectivity index (χ4n) is 3.74. The zero-order chi connectivity index (χ0) is 21.5. The minimum absolute atomic E-state index is 0.123. The number of halogens is 3.